The highest BCUT2D eigenvalue weighted by atomic mass is 79.9. The van der Waals surface area contributed by atoms with Crippen LogP contribution in [0.15, 0.2) is 40.0 Å². The molecule has 1 heterocycles. The molecule has 0 spiro atoms. The van der Waals surface area contributed by atoms with E-state index in [1.807, 2.05) is 19.2 Å². The van der Waals surface area contributed by atoms with Crippen LogP contribution < -0.4 is 14.8 Å². The molecule has 2 aromatic carbocycles. The molecule has 0 unspecified atom stereocenters. The summed E-state index contributed by atoms with van der Waals surface area (Å²) in [5.74, 6) is 1.46. The second kappa shape index (κ2) is 10.9. The third kappa shape index (κ3) is 5.84. The summed E-state index contributed by atoms with van der Waals surface area (Å²) in [6.45, 7) is 1.42. The molecule has 0 bridgehead atoms. The van der Waals surface area contributed by atoms with Gasteiger partial charge in [-0.05, 0) is 56.2 Å². The molecule has 3 rings (SSSR count). The Morgan fingerprint density at radius 2 is 2.17 bits per heavy atom. The van der Waals surface area contributed by atoms with Crippen LogP contribution in [0.1, 0.15) is 11.1 Å². The summed E-state index contributed by atoms with van der Waals surface area (Å²) in [6, 6.07) is 8.36. The number of aryl methyl sites for hydroxylation is 1. The first-order valence-corrected chi connectivity index (χ1v) is 11.1. The third-order valence-corrected chi connectivity index (χ3v) is 6.09. The van der Waals surface area contributed by atoms with E-state index in [2.05, 4.69) is 36.8 Å². The molecule has 0 radical (unpaired) electrons. The monoisotopic (exact) mass is 515 g/mol. The van der Waals surface area contributed by atoms with Gasteiger partial charge in [0.1, 0.15) is 12.4 Å². The number of benzene rings is 2. The summed E-state index contributed by atoms with van der Waals surface area (Å²) < 4.78 is 27.6. The average Bonchev–Trinajstić information content (AvgIpc) is 3.13. The van der Waals surface area contributed by atoms with Crippen molar-refractivity contribution in [1.29, 1.82) is 0 Å². The van der Waals surface area contributed by atoms with Crippen LogP contribution in [0, 0.1) is 5.82 Å². The van der Waals surface area contributed by atoms with Gasteiger partial charge in [-0.2, -0.15) is 0 Å². The van der Waals surface area contributed by atoms with E-state index in [1.165, 1.54) is 6.07 Å². The smallest absolute Gasteiger partial charge is 0.209 e. The molecule has 30 heavy (non-hydrogen) atoms. The molecule has 0 fully saturated rings. The first-order chi connectivity index (χ1) is 14.5. The number of nitrogens with zero attached hydrogens (tertiary/aromatic N) is 4. The number of ether oxygens (including phenoxy) is 2. The summed E-state index contributed by atoms with van der Waals surface area (Å²) in [6.07, 6.45) is 0. The van der Waals surface area contributed by atoms with Crippen LogP contribution in [0.25, 0.3) is 0 Å². The Morgan fingerprint density at radius 3 is 2.87 bits per heavy atom. The van der Waals surface area contributed by atoms with Gasteiger partial charge in [-0.1, -0.05) is 29.4 Å². The second-order valence-corrected chi connectivity index (χ2v) is 8.53. The van der Waals surface area contributed by atoms with Gasteiger partial charge in [-0.15, -0.1) is 5.10 Å². The SMILES string of the molecule is COc1cc(CNCCSc2nnnn2C)cc(Br)c1OCc1c(F)cccc1Cl. The molecule has 3 aromatic rings. The lowest BCUT2D eigenvalue weighted by molar-refractivity contribution is 0.277. The maximum atomic E-state index is 14.0. The summed E-state index contributed by atoms with van der Waals surface area (Å²) in [5.41, 5.74) is 1.31. The van der Waals surface area contributed by atoms with Gasteiger partial charge < -0.3 is 14.8 Å². The number of tetrazole rings is 1. The van der Waals surface area contributed by atoms with E-state index in [1.54, 1.807) is 35.7 Å². The molecule has 0 saturated carbocycles. The second-order valence-electron chi connectivity index (χ2n) is 6.21. The zero-order valence-corrected chi connectivity index (χ0v) is 19.5. The van der Waals surface area contributed by atoms with E-state index in [0.717, 1.165) is 23.0 Å². The number of hydrogen-bond acceptors (Lipinski definition) is 7. The van der Waals surface area contributed by atoms with E-state index >= 15 is 0 Å². The molecule has 160 valence electrons. The number of thioether (sulfide) groups is 1. The van der Waals surface area contributed by atoms with Crippen LogP contribution in [0.3, 0.4) is 0 Å². The largest absolute Gasteiger partial charge is 0.493 e. The number of halogens is 3. The lowest BCUT2D eigenvalue weighted by Gasteiger charge is -2.15. The minimum absolute atomic E-state index is 0.00775. The zero-order valence-electron chi connectivity index (χ0n) is 16.4. The molecule has 1 aromatic heterocycles. The van der Waals surface area contributed by atoms with Gasteiger partial charge in [-0.3, -0.25) is 0 Å². The number of rotatable bonds is 10. The average molecular weight is 517 g/mol. The molecule has 7 nitrogen and oxygen atoms in total. The lowest BCUT2D eigenvalue weighted by atomic mass is 10.2. The van der Waals surface area contributed by atoms with Crippen molar-refractivity contribution in [3.8, 4) is 11.5 Å². The van der Waals surface area contributed by atoms with Gasteiger partial charge in [0.25, 0.3) is 0 Å². The van der Waals surface area contributed by atoms with Crippen molar-refractivity contribution in [3.05, 3.63) is 56.8 Å². The Labute approximate surface area is 191 Å². The number of aromatic nitrogens is 4. The molecule has 0 atom stereocenters. The van der Waals surface area contributed by atoms with Crippen LogP contribution in [-0.4, -0.2) is 39.6 Å². The Kier molecular flexibility index (Phi) is 8.32. The van der Waals surface area contributed by atoms with Crippen LogP contribution in [0.5, 0.6) is 11.5 Å². The summed E-state index contributed by atoms with van der Waals surface area (Å²) in [7, 11) is 3.37. The van der Waals surface area contributed by atoms with Crippen LogP contribution >= 0.6 is 39.3 Å². The zero-order chi connectivity index (χ0) is 21.5. The van der Waals surface area contributed by atoms with E-state index in [0.29, 0.717) is 33.1 Å². The van der Waals surface area contributed by atoms with Crippen molar-refractivity contribution in [3.63, 3.8) is 0 Å². The highest BCUT2D eigenvalue weighted by Crippen LogP contribution is 2.37. The molecule has 0 amide bonds. The summed E-state index contributed by atoms with van der Waals surface area (Å²) in [4.78, 5) is 0. The highest BCUT2D eigenvalue weighted by molar-refractivity contribution is 9.10. The van der Waals surface area contributed by atoms with Crippen molar-refractivity contribution in [2.45, 2.75) is 18.3 Å². The fourth-order valence-corrected chi connectivity index (χ4v) is 4.19. The first kappa shape index (κ1) is 22.8. The summed E-state index contributed by atoms with van der Waals surface area (Å²) in [5, 5.41) is 15.8. The maximum absolute atomic E-state index is 14.0. The molecule has 0 saturated heterocycles. The van der Waals surface area contributed by atoms with Crippen LogP contribution in [-0.2, 0) is 20.2 Å². The number of methoxy groups -OCH3 is 1. The Bertz CT molecular complexity index is 987. The predicted molar refractivity (Wildman–Crippen MR) is 118 cm³/mol. The van der Waals surface area contributed by atoms with Gasteiger partial charge in [0.2, 0.25) is 5.16 Å². The van der Waals surface area contributed by atoms with Crippen molar-refractivity contribution < 1.29 is 13.9 Å². The molecular weight excluding hydrogens is 497 g/mol. The molecule has 0 aliphatic heterocycles. The standard InChI is InChI=1S/C19H20BrClFN5O2S/c1-27-19(24-25-26-27)30-7-6-23-10-12-8-14(20)18(17(9-12)28-2)29-11-13-15(21)4-3-5-16(13)22/h3-5,8-9,23H,6-7,10-11H2,1-2H3. The topological polar surface area (TPSA) is 74.1 Å². The molecular formula is C19H20BrClFN5O2S. The quantitative estimate of drug-likeness (QED) is 0.319. The van der Waals surface area contributed by atoms with Crippen molar-refractivity contribution in [2.75, 3.05) is 19.4 Å². The van der Waals surface area contributed by atoms with E-state index < -0.39 is 5.82 Å². The van der Waals surface area contributed by atoms with Crippen LogP contribution in [0.2, 0.25) is 5.02 Å². The normalized spacial score (nSPS) is 11.0. The van der Waals surface area contributed by atoms with Crippen molar-refractivity contribution in [1.82, 2.24) is 25.5 Å². The van der Waals surface area contributed by atoms with Crippen molar-refractivity contribution >= 4 is 39.3 Å². The van der Waals surface area contributed by atoms with Gasteiger partial charge in [-0.25, -0.2) is 9.07 Å². The molecule has 0 aliphatic carbocycles. The van der Waals surface area contributed by atoms with Crippen molar-refractivity contribution in [2.24, 2.45) is 7.05 Å². The minimum Gasteiger partial charge on any atom is -0.493 e. The minimum atomic E-state index is -0.409. The molecule has 11 heteroatoms. The number of nitrogens with one attached hydrogen (secondary N) is 1. The van der Waals surface area contributed by atoms with Gasteiger partial charge in [0, 0.05) is 31.5 Å². The van der Waals surface area contributed by atoms with Gasteiger partial charge >= 0.3 is 0 Å². The fourth-order valence-electron chi connectivity index (χ4n) is 2.62. The van der Waals surface area contributed by atoms with Gasteiger partial charge in [0.05, 0.1) is 16.6 Å². The summed E-state index contributed by atoms with van der Waals surface area (Å²) >= 11 is 11.2. The lowest BCUT2D eigenvalue weighted by Crippen LogP contribution is -2.17. The highest BCUT2D eigenvalue weighted by Gasteiger charge is 2.14. The first-order valence-electron chi connectivity index (χ1n) is 8.97. The fraction of sp³-hybridized carbons (Fsp3) is 0.316. The Morgan fingerprint density at radius 1 is 1.33 bits per heavy atom. The Balaban J connectivity index is 1.57. The van der Waals surface area contributed by atoms with E-state index in [4.69, 9.17) is 21.1 Å². The molecule has 0 aliphatic rings. The molecule has 1 N–H and O–H groups in total. The predicted octanol–water partition coefficient (Wildman–Crippen LogP) is 4.23. The van der Waals surface area contributed by atoms with Gasteiger partial charge in [0.15, 0.2) is 11.5 Å². The van der Waals surface area contributed by atoms with E-state index in [9.17, 15) is 4.39 Å². The van der Waals surface area contributed by atoms with E-state index in [-0.39, 0.29) is 6.61 Å². The Hall–Kier alpha value is -1.88. The number of hydrogen-bond donors (Lipinski definition) is 1. The van der Waals surface area contributed by atoms with Crippen LogP contribution in [0.4, 0.5) is 4.39 Å². The maximum Gasteiger partial charge on any atom is 0.209 e. The third-order valence-electron chi connectivity index (χ3n) is 4.13.